The second-order valence-corrected chi connectivity index (χ2v) is 8.07. The van der Waals surface area contributed by atoms with E-state index in [1.54, 1.807) is 24.3 Å². The summed E-state index contributed by atoms with van der Waals surface area (Å²) in [7, 11) is 4.62. The van der Waals surface area contributed by atoms with Crippen molar-refractivity contribution in [2.75, 3.05) is 34.4 Å². The van der Waals surface area contributed by atoms with Crippen molar-refractivity contribution in [3.05, 3.63) is 46.2 Å². The molecule has 3 rings (SSSR count). The highest BCUT2D eigenvalue weighted by molar-refractivity contribution is 6.16. The zero-order valence-electron chi connectivity index (χ0n) is 20.3. The predicted molar refractivity (Wildman–Crippen MR) is 128 cm³/mol. The third-order valence-corrected chi connectivity index (χ3v) is 5.67. The van der Waals surface area contributed by atoms with E-state index in [-0.39, 0.29) is 17.3 Å². The van der Waals surface area contributed by atoms with E-state index in [1.807, 2.05) is 6.92 Å². The third kappa shape index (κ3) is 4.93. The van der Waals surface area contributed by atoms with Crippen molar-refractivity contribution in [2.24, 2.45) is 0 Å². The molecule has 0 radical (unpaired) electrons. The van der Waals surface area contributed by atoms with Gasteiger partial charge < -0.3 is 24.1 Å². The summed E-state index contributed by atoms with van der Waals surface area (Å²) >= 11 is 0. The van der Waals surface area contributed by atoms with Crippen LogP contribution in [0.4, 0.5) is 0 Å². The van der Waals surface area contributed by atoms with Crippen LogP contribution in [0.15, 0.2) is 24.0 Å². The molecule has 0 amide bonds. The molecule has 0 bridgehead atoms. The standard InChI is InChI=1S/C26H33NO6/c1-7-9-27(10-8-2)15-18-19(28)11-16(3)23-24(29)20(33-25(18)23)12-17-13-21(30-4)26(32-6)22(14-17)31-5/h11-14,28H,7-10,15H2,1-6H3/b20-12+. The Morgan fingerprint density at radius 3 is 2.12 bits per heavy atom. The minimum atomic E-state index is -0.213. The molecule has 33 heavy (non-hydrogen) atoms. The van der Waals surface area contributed by atoms with Crippen LogP contribution in [0.1, 0.15) is 53.7 Å². The zero-order valence-corrected chi connectivity index (χ0v) is 20.3. The molecule has 178 valence electrons. The SMILES string of the molecule is CCCN(CCC)Cc1c(O)cc(C)c2c1O/C(=C/c1cc(OC)c(OC)c(OC)c1)C2=O. The largest absolute Gasteiger partial charge is 0.507 e. The molecule has 7 nitrogen and oxygen atoms in total. The third-order valence-electron chi connectivity index (χ3n) is 5.67. The van der Waals surface area contributed by atoms with Crippen molar-refractivity contribution < 1.29 is 28.8 Å². The monoisotopic (exact) mass is 455 g/mol. The minimum Gasteiger partial charge on any atom is -0.507 e. The Morgan fingerprint density at radius 1 is 1.00 bits per heavy atom. The average molecular weight is 456 g/mol. The maximum atomic E-state index is 13.3. The second kappa shape index (κ2) is 10.6. The number of phenols is 1. The number of carbonyl (C=O) groups is 1. The molecule has 7 heteroatoms. The first kappa shape index (κ1) is 24.5. The van der Waals surface area contributed by atoms with Crippen molar-refractivity contribution in [2.45, 2.75) is 40.2 Å². The Kier molecular flexibility index (Phi) is 7.87. The topological polar surface area (TPSA) is 77.5 Å². The Labute approximate surface area is 195 Å². The fourth-order valence-electron chi connectivity index (χ4n) is 4.19. The van der Waals surface area contributed by atoms with E-state index >= 15 is 0 Å². The van der Waals surface area contributed by atoms with Crippen LogP contribution >= 0.6 is 0 Å². The van der Waals surface area contributed by atoms with Gasteiger partial charge in [-0.1, -0.05) is 13.8 Å². The van der Waals surface area contributed by atoms with Crippen LogP contribution in [0.2, 0.25) is 0 Å². The first-order chi connectivity index (χ1) is 15.9. The molecule has 2 aromatic carbocycles. The summed E-state index contributed by atoms with van der Waals surface area (Å²) in [6.07, 6.45) is 3.66. The Morgan fingerprint density at radius 2 is 1.61 bits per heavy atom. The smallest absolute Gasteiger partial charge is 0.232 e. The van der Waals surface area contributed by atoms with Crippen molar-refractivity contribution in [1.82, 2.24) is 4.90 Å². The number of aryl methyl sites for hydroxylation is 1. The summed E-state index contributed by atoms with van der Waals surface area (Å²) in [4.78, 5) is 15.5. The maximum Gasteiger partial charge on any atom is 0.232 e. The number of ketones is 1. The highest BCUT2D eigenvalue weighted by Gasteiger charge is 2.33. The summed E-state index contributed by atoms with van der Waals surface area (Å²) in [6.45, 7) is 8.37. The van der Waals surface area contributed by atoms with E-state index in [9.17, 15) is 9.90 Å². The number of fused-ring (bicyclic) bond motifs is 1. The molecule has 0 atom stereocenters. The van der Waals surface area contributed by atoms with E-state index in [4.69, 9.17) is 18.9 Å². The van der Waals surface area contributed by atoms with Crippen molar-refractivity contribution in [1.29, 1.82) is 0 Å². The Hall–Kier alpha value is -3.19. The highest BCUT2D eigenvalue weighted by Crippen LogP contribution is 2.43. The molecule has 2 aromatic rings. The summed E-state index contributed by atoms with van der Waals surface area (Å²) in [5.41, 5.74) is 2.48. The lowest BCUT2D eigenvalue weighted by Crippen LogP contribution is -2.25. The number of allylic oxidation sites excluding steroid dienone is 1. The second-order valence-electron chi connectivity index (χ2n) is 8.07. The Balaban J connectivity index is 2.04. The van der Waals surface area contributed by atoms with Gasteiger partial charge in [-0.05, 0) is 68.3 Å². The molecule has 0 spiro atoms. The number of aromatic hydroxyl groups is 1. The zero-order chi connectivity index (χ0) is 24.1. The molecule has 0 saturated heterocycles. The van der Waals surface area contributed by atoms with Crippen LogP contribution in [-0.2, 0) is 6.54 Å². The predicted octanol–water partition coefficient (Wildman–Crippen LogP) is 4.96. The van der Waals surface area contributed by atoms with E-state index in [2.05, 4.69) is 18.7 Å². The molecule has 1 aliphatic heterocycles. The van der Waals surface area contributed by atoms with Gasteiger partial charge in [0, 0.05) is 6.54 Å². The van der Waals surface area contributed by atoms with E-state index < -0.39 is 0 Å². The van der Waals surface area contributed by atoms with Crippen molar-refractivity contribution in [3.8, 4) is 28.7 Å². The van der Waals surface area contributed by atoms with Crippen LogP contribution < -0.4 is 18.9 Å². The van der Waals surface area contributed by atoms with Gasteiger partial charge >= 0.3 is 0 Å². The van der Waals surface area contributed by atoms with Crippen LogP contribution in [0, 0.1) is 6.92 Å². The maximum absolute atomic E-state index is 13.3. The van der Waals surface area contributed by atoms with Gasteiger partial charge in [-0.2, -0.15) is 0 Å². The number of benzene rings is 2. The minimum absolute atomic E-state index is 0.144. The summed E-state index contributed by atoms with van der Waals surface area (Å²) in [5, 5.41) is 10.7. The fourth-order valence-corrected chi connectivity index (χ4v) is 4.19. The molecule has 1 aliphatic rings. The number of carbonyl (C=O) groups excluding carboxylic acids is 1. The number of phenolic OH excluding ortho intramolecular Hbond substituents is 1. The Bertz CT molecular complexity index is 1030. The van der Waals surface area contributed by atoms with Gasteiger partial charge in [0.15, 0.2) is 17.3 Å². The molecule has 0 aliphatic carbocycles. The average Bonchev–Trinajstić information content (AvgIpc) is 3.12. The molecule has 1 heterocycles. The number of nitrogens with zero attached hydrogens (tertiary/aromatic N) is 1. The van der Waals surface area contributed by atoms with Gasteiger partial charge in [0.1, 0.15) is 11.5 Å². The van der Waals surface area contributed by atoms with Gasteiger partial charge in [-0.3, -0.25) is 9.69 Å². The van der Waals surface area contributed by atoms with Crippen molar-refractivity contribution >= 4 is 11.9 Å². The van der Waals surface area contributed by atoms with Gasteiger partial charge in [-0.25, -0.2) is 0 Å². The van der Waals surface area contributed by atoms with Crippen LogP contribution in [0.25, 0.3) is 6.08 Å². The normalized spacial score (nSPS) is 13.9. The highest BCUT2D eigenvalue weighted by atomic mass is 16.5. The van der Waals surface area contributed by atoms with Gasteiger partial charge in [0.2, 0.25) is 11.5 Å². The first-order valence-electron chi connectivity index (χ1n) is 11.2. The van der Waals surface area contributed by atoms with Crippen LogP contribution in [0.5, 0.6) is 28.7 Å². The molecule has 0 fully saturated rings. The summed E-state index contributed by atoms with van der Waals surface area (Å²) in [5.74, 6) is 1.99. The molecule has 0 unspecified atom stereocenters. The molecular formula is C26H33NO6. The lowest BCUT2D eigenvalue weighted by molar-refractivity contribution is 0.101. The van der Waals surface area contributed by atoms with E-state index in [0.29, 0.717) is 51.8 Å². The number of ether oxygens (including phenoxy) is 4. The molecule has 0 saturated carbocycles. The van der Waals surface area contributed by atoms with Gasteiger partial charge in [0.25, 0.3) is 0 Å². The lowest BCUT2D eigenvalue weighted by atomic mass is 9.99. The number of rotatable bonds is 10. The fraction of sp³-hybridized carbons (Fsp3) is 0.423. The van der Waals surface area contributed by atoms with Crippen LogP contribution in [-0.4, -0.2) is 50.2 Å². The van der Waals surface area contributed by atoms with Gasteiger partial charge in [-0.15, -0.1) is 0 Å². The summed E-state index contributed by atoms with van der Waals surface area (Å²) < 4.78 is 22.3. The van der Waals surface area contributed by atoms with E-state index in [0.717, 1.165) is 25.9 Å². The first-order valence-corrected chi connectivity index (χ1v) is 11.2. The van der Waals surface area contributed by atoms with E-state index in [1.165, 1.54) is 21.3 Å². The van der Waals surface area contributed by atoms with Crippen molar-refractivity contribution in [3.63, 3.8) is 0 Å². The number of Topliss-reactive ketones (excluding diaryl/α,β-unsaturated/α-hetero) is 1. The quantitative estimate of drug-likeness (QED) is 0.507. The summed E-state index contributed by atoms with van der Waals surface area (Å²) in [6, 6.07) is 5.15. The number of methoxy groups -OCH3 is 3. The number of hydrogen-bond acceptors (Lipinski definition) is 7. The molecular weight excluding hydrogens is 422 g/mol. The lowest BCUT2D eigenvalue weighted by Gasteiger charge is -2.22. The van der Waals surface area contributed by atoms with Crippen LogP contribution in [0.3, 0.4) is 0 Å². The molecule has 1 N–H and O–H groups in total. The molecule has 0 aromatic heterocycles. The number of hydrogen-bond donors (Lipinski definition) is 1. The van der Waals surface area contributed by atoms with Gasteiger partial charge in [0.05, 0.1) is 32.5 Å².